The van der Waals surface area contributed by atoms with Crippen molar-refractivity contribution in [2.24, 2.45) is 23.2 Å². The van der Waals surface area contributed by atoms with E-state index >= 15 is 0 Å². The highest BCUT2D eigenvalue weighted by Crippen LogP contribution is 2.54. The monoisotopic (exact) mass is 620 g/mol. The van der Waals surface area contributed by atoms with E-state index in [1.54, 1.807) is 27.7 Å². The third-order valence-electron chi connectivity index (χ3n) is 7.93. The van der Waals surface area contributed by atoms with Gasteiger partial charge < -0.3 is 23.7 Å². The van der Waals surface area contributed by atoms with Crippen molar-refractivity contribution in [3.05, 3.63) is 24.3 Å². The molecule has 0 unspecified atom stereocenters. The first-order valence-electron chi connectivity index (χ1n) is 14.5. The van der Waals surface area contributed by atoms with Crippen LogP contribution in [0.25, 0.3) is 0 Å². The molecule has 0 aromatic carbocycles. The maximum Gasteiger partial charge on any atom is 0.309 e. The van der Waals surface area contributed by atoms with Gasteiger partial charge in [0.2, 0.25) is 0 Å². The molecule has 0 aliphatic heterocycles. The maximum atomic E-state index is 14.6. The Kier molecular flexibility index (Phi) is 11.1. The van der Waals surface area contributed by atoms with Gasteiger partial charge in [-0.2, -0.15) is 0 Å². The molecular weight excluding hydrogens is 576 g/mol. The van der Waals surface area contributed by atoms with Gasteiger partial charge in [-0.15, -0.1) is 0 Å². The first-order chi connectivity index (χ1) is 20.1. The van der Waals surface area contributed by atoms with Crippen molar-refractivity contribution in [3.8, 4) is 0 Å². The molecule has 0 heterocycles. The number of carbonyl (C=O) groups is 7. The van der Waals surface area contributed by atoms with E-state index in [-0.39, 0.29) is 17.8 Å². The van der Waals surface area contributed by atoms with Crippen molar-refractivity contribution in [2.45, 2.75) is 112 Å². The highest BCUT2D eigenvalue weighted by Gasteiger charge is 2.71. The van der Waals surface area contributed by atoms with Gasteiger partial charge in [-0.25, -0.2) is 0 Å². The average molecular weight is 621 g/mol. The van der Waals surface area contributed by atoms with E-state index in [4.69, 9.17) is 23.7 Å². The number of Topliss-reactive ketones (excluding diaryl/α,β-unsaturated/α-hetero) is 2. The molecule has 244 valence electrons. The van der Waals surface area contributed by atoms with E-state index in [9.17, 15) is 33.6 Å². The second kappa shape index (κ2) is 13.4. The molecule has 2 aliphatic rings. The van der Waals surface area contributed by atoms with Crippen molar-refractivity contribution in [3.63, 3.8) is 0 Å². The molecule has 1 fully saturated rings. The van der Waals surface area contributed by atoms with Crippen LogP contribution in [0.5, 0.6) is 0 Å². The molecule has 0 spiro atoms. The molecule has 2 rings (SSSR count). The first-order valence-corrected chi connectivity index (χ1v) is 14.5. The smallest absolute Gasteiger partial charge is 0.309 e. The molecule has 0 N–H and O–H groups in total. The molecule has 0 bridgehead atoms. The minimum absolute atomic E-state index is 0.136. The molecule has 44 heavy (non-hydrogen) atoms. The van der Waals surface area contributed by atoms with Crippen LogP contribution in [0.4, 0.5) is 0 Å². The number of hydrogen-bond donors (Lipinski definition) is 0. The van der Waals surface area contributed by atoms with E-state index in [2.05, 4.69) is 6.58 Å². The summed E-state index contributed by atoms with van der Waals surface area (Å²) in [4.78, 5) is 91.2. The Hall–Kier alpha value is -3.83. The standard InChI is InChI=1S/C32H44O12/c1-16(2)29(39)44-31(11)15-32(43-22(8)36)25(28(31)42-21(7)35)26(41-20(6)34)18(4)23(40-19(5)33)14-24(37)30(9,10)13-12-17(3)27(32)38/h12-13,16-17,23,25-26,28H,4,14-15H2,1-3,5-11H3/b13-12+/t17-,23+,25+,26+,28-,31-,32-/m1/s1. The Morgan fingerprint density at radius 2 is 1.41 bits per heavy atom. The number of esters is 5. The molecule has 7 atom stereocenters. The topological polar surface area (TPSA) is 166 Å². The van der Waals surface area contributed by atoms with Crippen molar-refractivity contribution < 1.29 is 57.2 Å². The van der Waals surface area contributed by atoms with Crippen molar-refractivity contribution in [1.29, 1.82) is 0 Å². The zero-order valence-corrected chi connectivity index (χ0v) is 27.1. The summed E-state index contributed by atoms with van der Waals surface area (Å²) in [6.07, 6.45) is -2.42. The third-order valence-corrected chi connectivity index (χ3v) is 7.93. The van der Waals surface area contributed by atoms with Gasteiger partial charge >= 0.3 is 29.8 Å². The summed E-state index contributed by atoms with van der Waals surface area (Å²) < 4.78 is 28.7. The fraction of sp³-hybridized carbons (Fsp3) is 0.656. The summed E-state index contributed by atoms with van der Waals surface area (Å²) in [6, 6.07) is 0. The predicted molar refractivity (Wildman–Crippen MR) is 154 cm³/mol. The minimum atomic E-state index is -2.22. The van der Waals surface area contributed by atoms with E-state index in [1.165, 1.54) is 26.0 Å². The fourth-order valence-corrected chi connectivity index (χ4v) is 5.82. The first kappa shape index (κ1) is 36.4. The molecule has 0 radical (unpaired) electrons. The lowest BCUT2D eigenvalue weighted by Gasteiger charge is -2.41. The summed E-state index contributed by atoms with van der Waals surface area (Å²) >= 11 is 0. The number of ketones is 2. The van der Waals surface area contributed by atoms with E-state index < -0.39 is 94.7 Å². The Morgan fingerprint density at radius 1 is 0.864 bits per heavy atom. The van der Waals surface area contributed by atoms with E-state index in [0.29, 0.717) is 0 Å². The molecule has 0 amide bonds. The molecule has 12 nitrogen and oxygen atoms in total. The normalized spacial score (nSPS) is 32.8. The van der Waals surface area contributed by atoms with Crippen LogP contribution in [-0.4, -0.2) is 70.9 Å². The third kappa shape index (κ3) is 7.81. The zero-order chi connectivity index (χ0) is 33.9. The maximum absolute atomic E-state index is 14.6. The van der Waals surface area contributed by atoms with Crippen molar-refractivity contribution in [1.82, 2.24) is 0 Å². The highest BCUT2D eigenvalue weighted by molar-refractivity contribution is 5.94. The Balaban J connectivity index is 3.10. The quantitative estimate of drug-likeness (QED) is 0.242. The second-order valence-electron chi connectivity index (χ2n) is 12.7. The summed E-state index contributed by atoms with van der Waals surface area (Å²) in [5, 5.41) is 0. The zero-order valence-electron chi connectivity index (χ0n) is 27.1. The van der Waals surface area contributed by atoms with Gasteiger partial charge in [0.05, 0.1) is 11.8 Å². The summed E-state index contributed by atoms with van der Waals surface area (Å²) in [7, 11) is 0. The molecule has 0 saturated heterocycles. The van der Waals surface area contributed by atoms with Crippen LogP contribution in [0.2, 0.25) is 0 Å². The Labute approximate surface area is 257 Å². The molecular formula is C32H44O12. The largest absolute Gasteiger partial charge is 0.458 e. The predicted octanol–water partition coefficient (Wildman–Crippen LogP) is 3.38. The van der Waals surface area contributed by atoms with Crippen LogP contribution in [0.15, 0.2) is 24.3 Å². The minimum Gasteiger partial charge on any atom is -0.458 e. The van der Waals surface area contributed by atoms with Crippen molar-refractivity contribution >= 4 is 41.4 Å². The summed E-state index contributed by atoms with van der Waals surface area (Å²) in [6.45, 7) is 17.7. The molecule has 1 saturated carbocycles. The van der Waals surface area contributed by atoms with Crippen LogP contribution in [-0.2, 0) is 57.2 Å². The molecule has 2 aliphatic carbocycles. The van der Waals surface area contributed by atoms with Gasteiger partial charge in [0.1, 0.15) is 18.0 Å². The lowest BCUT2D eigenvalue weighted by Crippen LogP contribution is -2.57. The molecule has 12 heteroatoms. The van der Waals surface area contributed by atoms with E-state index in [1.807, 2.05) is 0 Å². The Bertz CT molecular complexity index is 1260. The summed E-state index contributed by atoms with van der Waals surface area (Å²) in [5.74, 6) is -8.36. The van der Waals surface area contributed by atoms with Crippen LogP contribution in [0, 0.1) is 23.2 Å². The second-order valence-corrected chi connectivity index (χ2v) is 12.7. The Morgan fingerprint density at radius 3 is 1.89 bits per heavy atom. The number of ether oxygens (including phenoxy) is 5. The van der Waals surface area contributed by atoms with Gasteiger partial charge in [0.15, 0.2) is 23.1 Å². The number of allylic oxidation sites excluding steroid dienone is 2. The summed E-state index contributed by atoms with van der Waals surface area (Å²) in [5.41, 5.74) is -5.30. The van der Waals surface area contributed by atoms with Gasteiger partial charge in [-0.1, -0.05) is 39.5 Å². The van der Waals surface area contributed by atoms with Gasteiger partial charge in [0.25, 0.3) is 0 Å². The van der Waals surface area contributed by atoms with E-state index in [0.717, 1.165) is 27.7 Å². The highest BCUT2D eigenvalue weighted by atomic mass is 16.6. The van der Waals surface area contributed by atoms with Crippen LogP contribution in [0.1, 0.15) is 82.1 Å². The van der Waals surface area contributed by atoms with Crippen LogP contribution in [0.3, 0.4) is 0 Å². The number of carbonyl (C=O) groups excluding carboxylic acids is 7. The lowest BCUT2D eigenvalue weighted by atomic mass is 9.73. The fourth-order valence-electron chi connectivity index (χ4n) is 5.82. The number of rotatable bonds is 6. The van der Waals surface area contributed by atoms with Crippen molar-refractivity contribution in [2.75, 3.05) is 0 Å². The number of hydrogen-bond acceptors (Lipinski definition) is 12. The van der Waals surface area contributed by atoms with Crippen LogP contribution < -0.4 is 0 Å². The molecule has 0 aromatic heterocycles. The van der Waals surface area contributed by atoms with Crippen LogP contribution >= 0.6 is 0 Å². The van der Waals surface area contributed by atoms with Gasteiger partial charge in [0, 0.05) is 57.4 Å². The molecule has 0 aromatic rings. The lowest BCUT2D eigenvalue weighted by molar-refractivity contribution is -0.191. The van der Waals surface area contributed by atoms with Gasteiger partial charge in [-0.3, -0.25) is 33.6 Å². The average Bonchev–Trinajstić information content (AvgIpc) is 3.10. The number of fused-ring (bicyclic) bond motifs is 1. The van der Waals surface area contributed by atoms with Gasteiger partial charge in [-0.05, 0) is 20.8 Å². The SMILES string of the molecule is C=C1[C@@H](OC(C)=O)CC(=O)C(C)(C)/C=C/[C@@H](C)C(=O)[C@@]2(OC(C)=O)C[C@@](C)(OC(=O)C(C)C)[C@H](OC(C)=O)[C@@H]2[C@H]1OC(C)=O.